The molecule has 0 aromatic carbocycles. The summed E-state index contributed by atoms with van der Waals surface area (Å²) < 4.78 is 0. The largest absolute Gasteiger partial charge is 0.351 e. The maximum atomic E-state index is 12.0. The number of amides is 1. The Balaban J connectivity index is 1.64. The Morgan fingerprint density at radius 2 is 2.10 bits per heavy atom. The van der Waals surface area contributed by atoms with Gasteiger partial charge < -0.3 is 16.0 Å². The fourth-order valence-electron chi connectivity index (χ4n) is 2.61. The van der Waals surface area contributed by atoms with Crippen LogP contribution in [0.15, 0.2) is 5.38 Å². The first-order valence-electron chi connectivity index (χ1n) is 7.94. The summed E-state index contributed by atoms with van der Waals surface area (Å²) in [6, 6.07) is 0. The first-order valence-corrected chi connectivity index (χ1v) is 8.82. The summed E-state index contributed by atoms with van der Waals surface area (Å²) in [6.45, 7) is 4.80. The number of nitrogens with zero attached hydrogens (tertiary/aromatic N) is 2. The van der Waals surface area contributed by atoms with E-state index in [0.29, 0.717) is 12.2 Å². The molecule has 5 nitrogen and oxygen atoms in total. The van der Waals surface area contributed by atoms with E-state index < -0.39 is 0 Å². The van der Waals surface area contributed by atoms with Crippen molar-refractivity contribution in [2.45, 2.75) is 38.5 Å². The highest BCUT2D eigenvalue weighted by molar-refractivity contribution is 7.09. The predicted molar refractivity (Wildman–Crippen MR) is 86.7 cm³/mol. The lowest BCUT2D eigenvalue weighted by Crippen LogP contribution is -2.30. The minimum absolute atomic E-state index is 0.0645. The molecule has 1 amide bonds. The molecule has 0 bridgehead atoms. The van der Waals surface area contributed by atoms with Gasteiger partial charge in [-0.1, -0.05) is 12.8 Å². The smallest absolute Gasteiger partial charge is 0.270 e. The van der Waals surface area contributed by atoms with Crippen molar-refractivity contribution >= 4 is 17.2 Å². The Bertz CT molecular complexity index is 427. The molecule has 1 saturated heterocycles. The number of likely N-dealkylation sites (tertiary alicyclic amines) is 1. The highest BCUT2D eigenvalue weighted by atomic mass is 32.1. The third-order valence-corrected chi connectivity index (χ3v) is 4.69. The molecule has 21 heavy (non-hydrogen) atoms. The summed E-state index contributed by atoms with van der Waals surface area (Å²) in [6.07, 6.45) is 7.10. The normalized spacial score (nSPS) is 16.6. The molecule has 6 heteroatoms. The molecular weight excluding hydrogens is 284 g/mol. The molecule has 1 aliphatic rings. The topological polar surface area (TPSA) is 71.2 Å². The van der Waals surface area contributed by atoms with E-state index in [4.69, 9.17) is 5.73 Å². The average Bonchev–Trinajstić information content (AvgIpc) is 2.80. The summed E-state index contributed by atoms with van der Waals surface area (Å²) in [7, 11) is 0. The van der Waals surface area contributed by atoms with Crippen LogP contribution in [0.1, 0.15) is 47.6 Å². The Morgan fingerprint density at radius 3 is 2.81 bits per heavy atom. The van der Waals surface area contributed by atoms with Crippen molar-refractivity contribution in [3.05, 3.63) is 16.1 Å². The van der Waals surface area contributed by atoms with Gasteiger partial charge in [-0.3, -0.25) is 4.79 Å². The van der Waals surface area contributed by atoms with Gasteiger partial charge in [0.25, 0.3) is 5.91 Å². The van der Waals surface area contributed by atoms with Gasteiger partial charge in [-0.2, -0.15) is 0 Å². The van der Waals surface area contributed by atoms with E-state index in [0.717, 1.165) is 30.9 Å². The molecule has 0 spiro atoms. The molecule has 0 radical (unpaired) electrons. The summed E-state index contributed by atoms with van der Waals surface area (Å²) in [5.74, 6) is -0.0645. The number of hydrogen-bond donors (Lipinski definition) is 2. The van der Waals surface area contributed by atoms with E-state index in [-0.39, 0.29) is 5.91 Å². The van der Waals surface area contributed by atoms with Crippen LogP contribution in [0.2, 0.25) is 0 Å². The third kappa shape index (κ3) is 5.73. The van der Waals surface area contributed by atoms with Crippen molar-refractivity contribution in [1.29, 1.82) is 0 Å². The molecule has 1 fully saturated rings. The van der Waals surface area contributed by atoms with Gasteiger partial charge in [-0.25, -0.2) is 4.98 Å². The summed E-state index contributed by atoms with van der Waals surface area (Å²) >= 11 is 1.51. The number of hydrogen-bond acceptors (Lipinski definition) is 5. The molecule has 1 aromatic heterocycles. The van der Waals surface area contributed by atoms with Crippen LogP contribution in [0.4, 0.5) is 0 Å². The second kappa shape index (κ2) is 9.12. The number of thiazole rings is 1. The molecule has 0 aliphatic carbocycles. The van der Waals surface area contributed by atoms with E-state index in [2.05, 4.69) is 15.2 Å². The molecule has 0 atom stereocenters. The molecule has 1 aromatic rings. The molecule has 0 saturated carbocycles. The van der Waals surface area contributed by atoms with Crippen LogP contribution in [0.3, 0.4) is 0 Å². The summed E-state index contributed by atoms with van der Waals surface area (Å²) in [5, 5.41) is 5.71. The second-order valence-corrected chi connectivity index (χ2v) is 6.47. The van der Waals surface area contributed by atoms with Crippen LogP contribution < -0.4 is 11.1 Å². The molecule has 3 N–H and O–H groups in total. The first-order chi connectivity index (χ1) is 10.3. The average molecular weight is 310 g/mol. The zero-order valence-corrected chi connectivity index (χ0v) is 13.5. The number of aromatic nitrogens is 1. The lowest BCUT2D eigenvalue weighted by atomic mass is 10.2. The Kier molecular flexibility index (Phi) is 7.12. The van der Waals surface area contributed by atoms with Crippen molar-refractivity contribution < 1.29 is 4.79 Å². The van der Waals surface area contributed by atoms with Gasteiger partial charge in [-0.05, 0) is 45.4 Å². The fraction of sp³-hybridized carbons (Fsp3) is 0.733. The van der Waals surface area contributed by atoms with Gasteiger partial charge in [-0.15, -0.1) is 11.3 Å². The van der Waals surface area contributed by atoms with Gasteiger partial charge in [0, 0.05) is 18.3 Å². The Hall–Kier alpha value is -0.980. The third-order valence-electron chi connectivity index (χ3n) is 3.78. The lowest BCUT2D eigenvalue weighted by molar-refractivity contribution is 0.0947. The summed E-state index contributed by atoms with van der Waals surface area (Å²) in [4.78, 5) is 18.8. The highest BCUT2D eigenvalue weighted by Gasteiger charge is 2.11. The Labute approximate surface area is 130 Å². The van der Waals surface area contributed by atoms with Crippen molar-refractivity contribution in [2.24, 2.45) is 5.73 Å². The molecule has 0 unspecified atom stereocenters. The monoisotopic (exact) mass is 310 g/mol. The van der Waals surface area contributed by atoms with E-state index in [1.165, 1.54) is 50.1 Å². The molecule has 1 aliphatic heterocycles. The van der Waals surface area contributed by atoms with E-state index in [1.54, 1.807) is 0 Å². The number of carbonyl (C=O) groups excluding carboxylic acids is 1. The van der Waals surface area contributed by atoms with Gasteiger partial charge in [0.2, 0.25) is 0 Å². The molecule has 118 valence electrons. The van der Waals surface area contributed by atoms with E-state index >= 15 is 0 Å². The molecule has 2 heterocycles. The summed E-state index contributed by atoms with van der Waals surface area (Å²) in [5.41, 5.74) is 6.01. The maximum absolute atomic E-state index is 12.0. The van der Waals surface area contributed by atoms with Gasteiger partial charge >= 0.3 is 0 Å². The van der Waals surface area contributed by atoms with Crippen LogP contribution in [-0.4, -0.2) is 48.5 Å². The first kappa shape index (κ1) is 16.4. The number of nitrogens with one attached hydrogen (secondary N) is 1. The van der Waals surface area contributed by atoms with Crippen molar-refractivity contribution in [3.8, 4) is 0 Å². The predicted octanol–water partition coefficient (Wildman–Crippen LogP) is 1.64. The van der Waals surface area contributed by atoms with Gasteiger partial charge in [0.1, 0.15) is 5.69 Å². The van der Waals surface area contributed by atoms with Crippen LogP contribution in [0.25, 0.3) is 0 Å². The van der Waals surface area contributed by atoms with Crippen LogP contribution in [-0.2, 0) is 6.42 Å². The minimum Gasteiger partial charge on any atom is -0.351 e. The van der Waals surface area contributed by atoms with Gasteiger partial charge in [0.15, 0.2) is 0 Å². The second-order valence-electron chi connectivity index (χ2n) is 5.53. The SMILES string of the molecule is NCCc1nc(C(=O)NCCCN2CCCCCC2)cs1. The minimum atomic E-state index is -0.0645. The van der Waals surface area contributed by atoms with Crippen LogP contribution in [0.5, 0.6) is 0 Å². The van der Waals surface area contributed by atoms with Crippen LogP contribution >= 0.6 is 11.3 Å². The number of rotatable bonds is 7. The quantitative estimate of drug-likeness (QED) is 0.751. The van der Waals surface area contributed by atoms with Crippen molar-refractivity contribution in [1.82, 2.24) is 15.2 Å². The van der Waals surface area contributed by atoms with Crippen molar-refractivity contribution in [3.63, 3.8) is 0 Å². The lowest BCUT2D eigenvalue weighted by Gasteiger charge is -2.19. The van der Waals surface area contributed by atoms with E-state index in [9.17, 15) is 4.79 Å². The zero-order valence-electron chi connectivity index (χ0n) is 12.6. The standard InChI is InChI=1S/C15H26N4OS/c16-7-6-14-18-13(12-21-14)15(20)17-8-5-11-19-9-3-1-2-4-10-19/h12H,1-11,16H2,(H,17,20). The molecule has 2 rings (SSSR count). The fourth-order valence-corrected chi connectivity index (χ4v) is 3.40. The molecular formula is C15H26N4OS. The maximum Gasteiger partial charge on any atom is 0.270 e. The van der Waals surface area contributed by atoms with Crippen LogP contribution in [0, 0.1) is 0 Å². The van der Waals surface area contributed by atoms with Gasteiger partial charge in [0.05, 0.1) is 5.01 Å². The zero-order chi connectivity index (χ0) is 14.9. The van der Waals surface area contributed by atoms with Crippen molar-refractivity contribution in [2.75, 3.05) is 32.7 Å². The number of carbonyl (C=O) groups is 1. The number of nitrogens with two attached hydrogens (primary N) is 1. The highest BCUT2D eigenvalue weighted by Crippen LogP contribution is 2.11. The van der Waals surface area contributed by atoms with E-state index in [1.807, 2.05) is 5.38 Å². The Morgan fingerprint density at radius 1 is 1.33 bits per heavy atom.